The first kappa shape index (κ1) is 17.5. The average Bonchev–Trinajstić information content (AvgIpc) is 2.50. The third-order valence-corrected chi connectivity index (χ3v) is 5.38. The van der Waals surface area contributed by atoms with Crippen molar-refractivity contribution in [1.29, 1.82) is 0 Å². The van der Waals surface area contributed by atoms with Crippen molar-refractivity contribution < 1.29 is 14.6 Å². The predicted molar refractivity (Wildman–Crippen MR) is 91.5 cm³/mol. The fourth-order valence-corrected chi connectivity index (χ4v) is 3.76. The van der Waals surface area contributed by atoms with Crippen molar-refractivity contribution in [2.75, 3.05) is 13.2 Å². The summed E-state index contributed by atoms with van der Waals surface area (Å²) in [4.78, 5) is 0.977. The van der Waals surface area contributed by atoms with Crippen LogP contribution in [0.2, 0.25) is 0 Å². The van der Waals surface area contributed by atoms with Crippen molar-refractivity contribution in [1.82, 2.24) is 0 Å². The topological polar surface area (TPSA) is 40.5 Å². The molecule has 0 aliphatic carbocycles. The van der Waals surface area contributed by atoms with E-state index in [0.29, 0.717) is 10.0 Å². The minimum atomic E-state index is -0.429. The molecule has 0 fully saturated rings. The second-order valence-corrected chi connectivity index (χ2v) is 7.27. The number of hydrogen-bond donors (Lipinski definition) is 2. The highest BCUT2D eigenvalue weighted by Crippen LogP contribution is 2.42. The lowest BCUT2D eigenvalue weighted by atomic mass is 9.99. The van der Waals surface area contributed by atoms with Crippen molar-refractivity contribution in [3.63, 3.8) is 0 Å². The smallest absolute Gasteiger partial charge is 0.128 e. The Labute approximate surface area is 142 Å². The zero-order valence-electron chi connectivity index (χ0n) is 12.2. The summed E-state index contributed by atoms with van der Waals surface area (Å²) < 4.78 is 15.0. The summed E-state index contributed by atoms with van der Waals surface area (Å²) in [5.74, 6) is -0.770. The first-order valence-electron chi connectivity index (χ1n) is 6.95. The molecular formula is C17H18BrFO2S. The van der Waals surface area contributed by atoms with Crippen molar-refractivity contribution in [2.45, 2.75) is 17.1 Å². The quantitative estimate of drug-likeness (QED) is 0.728. The Morgan fingerprint density at radius 2 is 1.73 bits per heavy atom. The zero-order valence-corrected chi connectivity index (χ0v) is 14.6. The molecule has 2 aromatic carbocycles. The van der Waals surface area contributed by atoms with E-state index in [1.54, 1.807) is 12.1 Å². The highest BCUT2D eigenvalue weighted by molar-refractivity contribution is 9.10. The first-order valence-corrected chi connectivity index (χ1v) is 8.62. The fourth-order valence-electron chi connectivity index (χ4n) is 2.16. The predicted octanol–water partition coefficient (Wildman–Crippen LogP) is 4.33. The molecule has 0 saturated carbocycles. The molecule has 0 aliphatic rings. The molecule has 0 heterocycles. The van der Waals surface area contributed by atoms with Crippen LogP contribution < -0.4 is 0 Å². The van der Waals surface area contributed by atoms with E-state index in [1.807, 2.05) is 31.2 Å². The molecule has 0 spiro atoms. The molecule has 1 unspecified atom stereocenters. The van der Waals surface area contributed by atoms with Gasteiger partial charge in [0.2, 0.25) is 0 Å². The number of aryl methyl sites for hydroxylation is 1. The van der Waals surface area contributed by atoms with Crippen LogP contribution in [0.1, 0.15) is 16.4 Å². The maximum Gasteiger partial charge on any atom is 0.128 e. The van der Waals surface area contributed by atoms with Crippen LogP contribution in [0.3, 0.4) is 0 Å². The Morgan fingerprint density at radius 3 is 2.27 bits per heavy atom. The molecule has 0 radical (unpaired) electrons. The molecule has 2 nitrogen and oxygen atoms in total. The van der Waals surface area contributed by atoms with Gasteiger partial charge in [0.15, 0.2) is 0 Å². The van der Waals surface area contributed by atoms with Crippen LogP contribution in [0.4, 0.5) is 4.39 Å². The summed E-state index contributed by atoms with van der Waals surface area (Å²) >= 11 is 4.70. The van der Waals surface area contributed by atoms with Crippen molar-refractivity contribution >= 4 is 27.7 Å². The van der Waals surface area contributed by atoms with Gasteiger partial charge in [0.1, 0.15) is 5.82 Å². The number of benzene rings is 2. The Hall–Kier alpha value is -0.880. The number of aliphatic hydroxyl groups excluding tert-OH is 2. The molecule has 2 N–H and O–H groups in total. The van der Waals surface area contributed by atoms with E-state index in [1.165, 1.54) is 17.8 Å². The van der Waals surface area contributed by atoms with E-state index < -0.39 is 5.92 Å². The Bertz CT molecular complexity index is 615. The Kier molecular flexibility index (Phi) is 6.44. The second-order valence-electron chi connectivity index (χ2n) is 5.14. The molecular weight excluding hydrogens is 367 g/mol. The van der Waals surface area contributed by atoms with Gasteiger partial charge >= 0.3 is 0 Å². The molecule has 2 aromatic rings. The standard InChI is InChI=1S/C17H18BrFO2S/c1-11-2-5-14(6-3-11)22-17(12(9-20)10-21)15-7-4-13(18)8-16(15)19/h2-8,12,17,20-21H,9-10H2,1H3. The van der Waals surface area contributed by atoms with Gasteiger partial charge in [-0.05, 0) is 31.2 Å². The van der Waals surface area contributed by atoms with Crippen LogP contribution in [0, 0.1) is 18.7 Å². The molecule has 1 atom stereocenters. The number of thioether (sulfide) groups is 1. The fraction of sp³-hybridized carbons (Fsp3) is 0.294. The molecule has 118 valence electrons. The molecule has 0 aromatic heterocycles. The van der Waals surface area contributed by atoms with Gasteiger partial charge in [-0.3, -0.25) is 0 Å². The van der Waals surface area contributed by atoms with E-state index in [9.17, 15) is 14.6 Å². The van der Waals surface area contributed by atoms with Gasteiger partial charge in [0.25, 0.3) is 0 Å². The van der Waals surface area contributed by atoms with E-state index in [4.69, 9.17) is 0 Å². The largest absolute Gasteiger partial charge is 0.396 e. The lowest BCUT2D eigenvalue weighted by Gasteiger charge is -2.24. The summed E-state index contributed by atoms with van der Waals surface area (Å²) in [6.07, 6.45) is 0. The van der Waals surface area contributed by atoms with Crippen LogP contribution in [0.15, 0.2) is 51.8 Å². The third kappa shape index (κ3) is 4.32. The summed E-state index contributed by atoms with van der Waals surface area (Å²) in [6.45, 7) is 1.61. The highest BCUT2D eigenvalue weighted by Gasteiger charge is 2.26. The maximum atomic E-state index is 14.3. The lowest BCUT2D eigenvalue weighted by molar-refractivity contribution is 0.147. The number of rotatable bonds is 6. The van der Waals surface area contributed by atoms with Gasteiger partial charge in [-0.2, -0.15) is 0 Å². The van der Waals surface area contributed by atoms with Crippen LogP contribution in [-0.2, 0) is 0 Å². The molecule has 0 saturated heterocycles. The minimum Gasteiger partial charge on any atom is -0.396 e. The zero-order chi connectivity index (χ0) is 16.1. The summed E-state index contributed by atoms with van der Waals surface area (Å²) in [6, 6.07) is 12.8. The van der Waals surface area contributed by atoms with Crippen LogP contribution in [-0.4, -0.2) is 23.4 Å². The highest BCUT2D eigenvalue weighted by atomic mass is 79.9. The summed E-state index contributed by atoms with van der Waals surface area (Å²) in [5.41, 5.74) is 1.64. The van der Waals surface area contributed by atoms with Crippen molar-refractivity contribution in [3.8, 4) is 0 Å². The molecule has 0 aliphatic heterocycles. The second kappa shape index (κ2) is 8.11. The molecule has 2 rings (SSSR count). The van der Waals surface area contributed by atoms with Crippen LogP contribution in [0.25, 0.3) is 0 Å². The third-order valence-electron chi connectivity index (χ3n) is 3.45. The van der Waals surface area contributed by atoms with Gasteiger partial charge in [0, 0.05) is 39.3 Å². The summed E-state index contributed by atoms with van der Waals surface area (Å²) in [7, 11) is 0. The van der Waals surface area contributed by atoms with Gasteiger partial charge in [-0.15, -0.1) is 11.8 Å². The molecule has 22 heavy (non-hydrogen) atoms. The lowest BCUT2D eigenvalue weighted by Crippen LogP contribution is -2.19. The Morgan fingerprint density at radius 1 is 1.09 bits per heavy atom. The van der Waals surface area contributed by atoms with Gasteiger partial charge < -0.3 is 10.2 Å². The molecule has 0 bridgehead atoms. The van der Waals surface area contributed by atoms with Gasteiger partial charge in [0.05, 0.1) is 0 Å². The van der Waals surface area contributed by atoms with E-state index in [-0.39, 0.29) is 24.3 Å². The maximum absolute atomic E-state index is 14.3. The number of halogens is 2. The first-order chi connectivity index (χ1) is 10.5. The van der Waals surface area contributed by atoms with Crippen LogP contribution in [0.5, 0.6) is 0 Å². The minimum absolute atomic E-state index is 0.199. The molecule has 5 heteroatoms. The van der Waals surface area contributed by atoms with Crippen molar-refractivity contribution in [2.24, 2.45) is 5.92 Å². The van der Waals surface area contributed by atoms with E-state index in [0.717, 1.165) is 10.5 Å². The van der Waals surface area contributed by atoms with Crippen molar-refractivity contribution in [3.05, 3.63) is 63.9 Å². The van der Waals surface area contributed by atoms with Crippen LogP contribution >= 0.6 is 27.7 Å². The van der Waals surface area contributed by atoms with E-state index >= 15 is 0 Å². The number of aliphatic hydroxyl groups is 2. The van der Waals surface area contributed by atoms with Gasteiger partial charge in [-0.1, -0.05) is 39.7 Å². The normalized spacial score (nSPS) is 12.6. The SMILES string of the molecule is Cc1ccc(SC(c2ccc(Br)cc2F)C(CO)CO)cc1. The molecule has 0 amide bonds. The average molecular weight is 385 g/mol. The Balaban J connectivity index is 2.35. The monoisotopic (exact) mass is 384 g/mol. The van der Waals surface area contributed by atoms with E-state index in [2.05, 4.69) is 15.9 Å². The summed E-state index contributed by atoms with van der Waals surface area (Å²) in [5, 5.41) is 18.7. The number of hydrogen-bond acceptors (Lipinski definition) is 3. The van der Waals surface area contributed by atoms with Gasteiger partial charge in [-0.25, -0.2) is 4.39 Å².